The summed E-state index contributed by atoms with van der Waals surface area (Å²) in [7, 11) is 0. The Morgan fingerprint density at radius 3 is 1.95 bits per heavy atom. The van der Waals surface area contributed by atoms with E-state index in [2.05, 4.69) is 0 Å². The van der Waals surface area contributed by atoms with E-state index in [0.29, 0.717) is 60.5 Å². The minimum absolute atomic E-state index is 0.0505. The average molecular weight is 615 g/mol. The first-order chi connectivity index (χ1) is 21.2. The highest BCUT2D eigenvalue weighted by Gasteiger charge is 2.34. The van der Waals surface area contributed by atoms with E-state index in [-0.39, 0.29) is 24.5 Å². The molecule has 236 valence electrons. The summed E-state index contributed by atoms with van der Waals surface area (Å²) in [6.07, 6.45) is 3.00. The molecule has 0 radical (unpaired) electrons. The summed E-state index contributed by atoms with van der Waals surface area (Å²) in [6.45, 7) is 0.371. The highest BCUT2D eigenvalue weighted by Crippen LogP contribution is 2.32. The number of nitrogen functional groups attached to an aromatic ring is 2. The topological polar surface area (TPSA) is 123 Å². The molecule has 0 aliphatic heterocycles. The van der Waals surface area contributed by atoms with E-state index in [1.54, 1.807) is 6.07 Å². The van der Waals surface area contributed by atoms with E-state index in [4.69, 9.17) is 30.4 Å². The third-order valence-electron chi connectivity index (χ3n) is 6.25. The maximum atomic E-state index is 14.6. The second-order valence-electron chi connectivity index (χ2n) is 9.90. The van der Waals surface area contributed by atoms with Crippen molar-refractivity contribution in [1.29, 1.82) is 0 Å². The van der Waals surface area contributed by atoms with E-state index < -0.39 is 24.7 Å². The number of hydrogen-bond acceptors (Lipinski definition) is 8. The maximum absolute atomic E-state index is 14.6. The van der Waals surface area contributed by atoms with Crippen molar-refractivity contribution in [3.8, 4) is 11.5 Å². The predicted molar refractivity (Wildman–Crippen MR) is 162 cm³/mol. The van der Waals surface area contributed by atoms with Gasteiger partial charge in [-0.05, 0) is 105 Å². The number of nitrogens with two attached hydrogens (primary N) is 2. The molecule has 11 heteroatoms. The van der Waals surface area contributed by atoms with Gasteiger partial charge in [0.05, 0.1) is 37.6 Å². The monoisotopic (exact) mass is 614 g/mol. The van der Waals surface area contributed by atoms with Crippen molar-refractivity contribution >= 4 is 29.4 Å². The van der Waals surface area contributed by atoms with E-state index in [1.807, 2.05) is 0 Å². The second-order valence-corrected chi connectivity index (χ2v) is 9.90. The van der Waals surface area contributed by atoms with Gasteiger partial charge < -0.3 is 30.4 Å². The van der Waals surface area contributed by atoms with Crippen LogP contribution in [0.2, 0.25) is 0 Å². The maximum Gasteiger partial charge on any atom is 0.426 e. The van der Waals surface area contributed by atoms with Crippen molar-refractivity contribution in [2.75, 3.05) is 38.0 Å². The van der Waals surface area contributed by atoms with Gasteiger partial charge in [-0.15, -0.1) is 0 Å². The van der Waals surface area contributed by atoms with Gasteiger partial charge in [-0.1, -0.05) is 12.1 Å². The molecule has 0 amide bonds. The van der Waals surface area contributed by atoms with Gasteiger partial charge in [0.1, 0.15) is 11.5 Å². The number of carbonyl (C=O) groups is 2. The molecular formula is C33H37F3N2O6. The van der Waals surface area contributed by atoms with Crippen molar-refractivity contribution < 1.29 is 41.7 Å². The number of benzene rings is 3. The number of rotatable bonds is 18. The lowest BCUT2D eigenvalue weighted by atomic mass is 10.2. The van der Waals surface area contributed by atoms with Crippen molar-refractivity contribution in [3.05, 3.63) is 89.5 Å². The third kappa shape index (κ3) is 11.9. The fraction of sp³-hybridized carbons (Fsp3) is 0.333. The molecule has 0 aliphatic rings. The van der Waals surface area contributed by atoms with Crippen LogP contribution >= 0.6 is 0 Å². The molecule has 8 nitrogen and oxygen atoms in total. The van der Waals surface area contributed by atoms with E-state index in [0.717, 1.165) is 12.8 Å². The number of unbranched alkanes of at least 4 members (excludes halogenated alkanes) is 4. The van der Waals surface area contributed by atoms with Gasteiger partial charge in [0.25, 0.3) is 0 Å². The molecule has 44 heavy (non-hydrogen) atoms. The molecule has 0 aromatic heterocycles. The molecule has 0 bridgehead atoms. The summed E-state index contributed by atoms with van der Waals surface area (Å²) >= 11 is 0. The molecule has 4 N–H and O–H groups in total. The Morgan fingerprint density at radius 1 is 0.727 bits per heavy atom. The molecule has 0 heterocycles. The Hall–Kier alpha value is -4.67. The molecule has 0 atom stereocenters. The third-order valence-corrected chi connectivity index (χ3v) is 6.25. The van der Waals surface area contributed by atoms with Crippen LogP contribution < -0.4 is 20.9 Å². The number of hydrogen-bond donors (Lipinski definition) is 2. The number of carbonyl (C=O) groups excluding carboxylic acids is 2. The second kappa shape index (κ2) is 17.4. The summed E-state index contributed by atoms with van der Waals surface area (Å²) in [5.41, 5.74) is 12.7. The van der Waals surface area contributed by atoms with Gasteiger partial charge in [0, 0.05) is 17.5 Å². The van der Waals surface area contributed by atoms with Gasteiger partial charge in [-0.3, -0.25) is 4.39 Å². The first-order valence-electron chi connectivity index (χ1n) is 14.3. The van der Waals surface area contributed by atoms with Crippen LogP contribution in [0.5, 0.6) is 11.5 Å². The van der Waals surface area contributed by atoms with E-state index in [9.17, 15) is 22.8 Å². The average Bonchev–Trinajstić information content (AvgIpc) is 2.99. The van der Waals surface area contributed by atoms with Gasteiger partial charge in [0.15, 0.2) is 0 Å². The fourth-order valence-electron chi connectivity index (χ4n) is 3.97. The zero-order chi connectivity index (χ0) is 31.8. The molecule has 0 saturated heterocycles. The van der Waals surface area contributed by atoms with Crippen LogP contribution in [0.15, 0.2) is 72.8 Å². The fourth-order valence-corrected chi connectivity index (χ4v) is 3.97. The zero-order valence-corrected chi connectivity index (χ0v) is 24.3. The first-order valence-corrected chi connectivity index (χ1v) is 14.3. The molecule has 0 saturated carbocycles. The van der Waals surface area contributed by atoms with Crippen LogP contribution in [-0.4, -0.2) is 38.4 Å². The minimum Gasteiger partial charge on any atom is -0.494 e. The number of anilines is 2. The van der Waals surface area contributed by atoms with Gasteiger partial charge in [0.2, 0.25) is 0 Å². The standard InChI is InChI=1S/C33H37F3N2O6/c34-17-3-6-18-41-29-14-10-26(11-15-29)33(35,36)44-30-12-7-24(8-13-30)9-16-31(39)42-19-4-1-2-5-20-43-32(40)25-21-27(37)23-28(38)22-25/h7-16,21-23H,1-6,17-20,37-38H2/b16-9+. The van der Waals surface area contributed by atoms with Crippen LogP contribution in [-0.2, 0) is 20.4 Å². The summed E-state index contributed by atoms with van der Waals surface area (Å²) in [6, 6.07) is 15.7. The van der Waals surface area contributed by atoms with Gasteiger partial charge >= 0.3 is 18.0 Å². The quantitative estimate of drug-likeness (QED) is 0.0674. The van der Waals surface area contributed by atoms with Crippen LogP contribution in [0.4, 0.5) is 24.5 Å². The number of ether oxygens (including phenoxy) is 4. The number of esters is 2. The van der Waals surface area contributed by atoms with Crippen LogP contribution in [0.1, 0.15) is 60.0 Å². The Kier molecular flexibility index (Phi) is 13.4. The molecule has 0 spiro atoms. The Morgan fingerprint density at radius 2 is 1.32 bits per heavy atom. The van der Waals surface area contributed by atoms with Gasteiger partial charge in [-0.25, -0.2) is 9.59 Å². The molecule has 3 aromatic carbocycles. The van der Waals surface area contributed by atoms with E-state index >= 15 is 0 Å². The summed E-state index contributed by atoms with van der Waals surface area (Å²) in [5.74, 6) is -0.648. The van der Waals surface area contributed by atoms with E-state index in [1.165, 1.54) is 72.8 Å². The SMILES string of the molecule is Nc1cc(N)cc(C(=O)OCCCCCCOC(=O)/C=C/c2ccc(OC(F)(F)c3ccc(OCCCCF)cc3)cc2)c1. The predicted octanol–water partition coefficient (Wildman–Crippen LogP) is 7.08. The number of alkyl halides is 3. The van der Waals surface area contributed by atoms with Crippen molar-refractivity contribution in [3.63, 3.8) is 0 Å². The molecule has 3 aromatic rings. The zero-order valence-electron chi connectivity index (χ0n) is 24.3. The molecule has 0 unspecified atom stereocenters. The normalized spacial score (nSPS) is 11.3. The lowest BCUT2D eigenvalue weighted by molar-refractivity contribution is -0.185. The Bertz CT molecular complexity index is 1340. The van der Waals surface area contributed by atoms with Crippen molar-refractivity contribution in [2.45, 2.75) is 44.6 Å². The highest BCUT2D eigenvalue weighted by atomic mass is 19.3. The largest absolute Gasteiger partial charge is 0.494 e. The minimum atomic E-state index is -3.58. The first kappa shape index (κ1) is 33.8. The van der Waals surface area contributed by atoms with Crippen LogP contribution in [0.3, 0.4) is 0 Å². The summed E-state index contributed by atoms with van der Waals surface area (Å²) < 4.78 is 62.1. The lowest BCUT2D eigenvalue weighted by Crippen LogP contribution is -2.21. The highest BCUT2D eigenvalue weighted by molar-refractivity contribution is 5.91. The van der Waals surface area contributed by atoms with Crippen LogP contribution in [0, 0.1) is 0 Å². The van der Waals surface area contributed by atoms with Crippen molar-refractivity contribution in [2.24, 2.45) is 0 Å². The Balaban J connectivity index is 1.30. The van der Waals surface area contributed by atoms with Crippen LogP contribution in [0.25, 0.3) is 6.08 Å². The lowest BCUT2D eigenvalue weighted by Gasteiger charge is -2.18. The smallest absolute Gasteiger partial charge is 0.426 e. The Labute approximate surface area is 254 Å². The molecule has 3 rings (SSSR count). The molecular weight excluding hydrogens is 577 g/mol. The summed E-state index contributed by atoms with van der Waals surface area (Å²) in [4.78, 5) is 24.1. The summed E-state index contributed by atoms with van der Waals surface area (Å²) in [5, 5.41) is 0. The van der Waals surface area contributed by atoms with Gasteiger partial charge in [-0.2, -0.15) is 8.78 Å². The molecule has 0 aliphatic carbocycles. The van der Waals surface area contributed by atoms with Crippen molar-refractivity contribution in [1.82, 2.24) is 0 Å². The molecule has 0 fully saturated rings. The number of halogens is 3.